The van der Waals surface area contributed by atoms with Gasteiger partial charge in [-0.2, -0.15) is 0 Å². The molecule has 33 heavy (non-hydrogen) atoms. The van der Waals surface area contributed by atoms with Crippen LogP contribution in [0.1, 0.15) is 77.0 Å². The molecule has 0 fully saturated rings. The van der Waals surface area contributed by atoms with Gasteiger partial charge in [0.2, 0.25) is 5.95 Å². The lowest BCUT2D eigenvalue weighted by Gasteiger charge is -2.08. The third kappa shape index (κ3) is 7.82. The van der Waals surface area contributed by atoms with E-state index in [9.17, 15) is 4.79 Å². The molecule has 0 bridgehead atoms. The Morgan fingerprint density at radius 3 is 2.64 bits per heavy atom. The number of hydrogen-bond donors (Lipinski definition) is 2. The van der Waals surface area contributed by atoms with E-state index in [4.69, 9.17) is 11.6 Å². The lowest BCUT2D eigenvalue weighted by atomic mass is 10.1. The summed E-state index contributed by atoms with van der Waals surface area (Å²) in [4.78, 5) is 28.1. The molecule has 2 aromatic heterocycles. The van der Waals surface area contributed by atoms with E-state index in [-0.39, 0.29) is 5.78 Å². The highest BCUT2D eigenvalue weighted by molar-refractivity contribution is 6.35. The normalized spacial score (nSPS) is 11.7. The van der Waals surface area contributed by atoms with Gasteiger partial charge in [0.1, 0.15) is 0 Å². The van der Waals surface area contributed by atoms with Crippen LogP contribution in [0.25, 0.3) is 16.6 Å². The van der Waals surface area contributed by atoms with Crippen molar-refractivity contribution in [1.82, 2.24) is 15.0 Å². The van der Waals surface area contributed by atoms with Gasteiger partial charge in [-0.1, -0.05) is 51.8 Å². The maximum Gasteiger partial charge on any atom is 0.227 e. The molecule has 0 saturated heterocycles. The number of benzene rings is 1. The van der Waals surface area contributed by atoms with Crippen molar-refractivity contribution >= 4 is 51.8 Å². The number of hydrogen-bond acceptors (Lipinski definition) is 5. The Balaban J connectivity index is 0.00000122. The van der Waals surface area contributed by atoms with Crippen molar-refractivity contribution in [3.8, 4) is 0 Å². The molecule has 0 aliphatic heterocycles. The largest absolute Gasteiger partial charge is 0.351 e. The number of rotatable bonds is 8. The van der Waals surface area contributed by atoms with Crippen molar-refractivity contribution in [3.63, 3.8) is 0 Å². The van der Waals surface area contributed by atoms with Crippen LogP contribution in [0.4, 0.5) is 11.6 Å². The van der Waals surface area contributed by atoms with E-state index in [0.29, 0.717) is 22.6 Å². The average Bonchev–Trinajstić information content (AvgIpc) is 3.20. The molecule has 2 heterocycles. The Morgan fingerprint density at radius 2 is 2.00 bits per heavy atom. The van der Waals surface area contributed by atoms with Crippen molar-refractivity contribution in [3.05, 3.63) is 52.9 Å². The summed E-state index contributed by atoms with van der Waals surface area (Å²) >= 11 is 6.39. The minimum absolute atomic E-state index is 0.0411. The number of anilines is 2. The molecule has 0 radical (unpaired) electrons. The number of allylic oxidation sites excluding steroid dienone is 1. The Kier molecular flexibility index (Phi) is 10.3. The summed E-state index contributed by atoms with van der Waals surface area (Å²) in [5.74, 6) is 1.05. The van der Waals surface area contributed by atoms with Crippen LogP contribution in [-0.2, 0) is 0 Å². The average molecular weight is 468 g/mol. The standard InChI is InChI=1S/C23H26ClN5O.C3H8/c1-5-19(25-9-6-7-14(2)3)20-8-10-26-23(29-20)27-17-11-16-12-21(15(4)30)28-22(16)18(24)13-17;1-3-2/h5,8-14,28H,6-7H2,1-4H3,(H,26,27,29);3H2,1-2H3/b19-5-,25-9?;. The van der Waals surface area contributed by atoms with E-state index in [0.717, 1.165) is 40.8 Å². The van der Waals surface area contributed by atoms with Crippen LogP contribution in [0.2, 0.25) is 5.02 Å². The fourth-order valence-corrected chi connectivity index (χ4v) is 3.29. The Hall–Kier alpha value is -2.99. The lowest BCUT2D eigenvalue weighted by molar-refractivity contribution is 0.101. The van der Waals surface area contributed by atoms with Crippen LogP contribution < -0.4 is 5.32 Å². The fraction of sp³-hybridized carbons (Fsp3) is 0.385. The molecule has 6 nitrogen and oxygen atoms in total. The highest BCUT2D eigenvalue weighted by atomic mass is 35.5. The smallest absolute Gasteiger partial charge is 0.227 e. The van der Waals surface area contributed by atoms with Crippen molar-refractivity contribution in [2.24, 2.45) is 10.9 Å². The second kappa shape index (κ2) is 12.9. The van der Waals surface area contributed by atoms with Crippen molar-refractivity contribution in [2.75, 3.05) is 5.32 Å². The van der Waals surface area contributed by atoms with Crippen LogP contribution in [0.5, 0.6) is 0 Å². The number of carbonyl (C=O) groups excluding carboxylic acids is 1. The number of aromatic amines is 1. The molecular weight excluding hydrogens is 434 g/mol. The minimum atomic E-state index is -0.0411. The summed E-state index contributed by atoms with van der Waals surface area (Å²) in [5, 5.41) is 4.55. The van der Waals surface area contributed by atoms with Crippen molar-refractivity contribution in [1.29, 1.82) is 0 Å². The highest BCUT2D eigenvalue weighted by Gasteiger charge is 2.11. The molecule has 1 aromatic carbocycles. The molecule has 2 N–H and O–H groups in total. The number of halogens is 1. The van der Waals surface area contributed by atoms with Crippen LogP contribution in [0.3, 0.4) is 0 Å². The van der Waals surface area contributed by atoms with E-state index in [2.05, 4.69) is 53.0 Å². The lowest BCUT2D eigenvalue weighted by Crippen LogP contribution is -1.99. The van der Waals surface area contributed by atoms with Gasteiger partial charge in [-0.05, 0) is 49.9 Å². The molecule has 3 rings (SSSR count). The first-order chi connectivity index (χ1) is 15.8. The molecule has 0 atom stereocenters. The SMILES string of the molecule is C/C=C(\N=CCCC(C)C)c1ccnc(Nc2cc(Cl)c3[nH]c(C(C)=O)cc3c2)n1.CCC. The predicted molar refractivity (Wildman–Crippen MR) is 141 cm³/mol. The Bertz CT molecular complexity index is 1130. The van der Waals surface area contributed by atoms with E-state index >= 15 is 0 Å². The number of Topliss-reactive ketones (excluding diaryl/α,β-unsaturated/α-hetero) is 1. The number of nitrogens with one attached hydrogen (secondary N) is 2. The van der Waals surface area contributed by atoms with E-state index in [1.165, 1.54) is 13.3 Å². The molecule has 0 amide bonds. The van der Waals surface area contributed by atoms with Gasteiger partial charge in [0.25, 0.3) is 0 Å². The monoisotopic (exact) mass is 467 g/mol. The summed E-state index contributed by atoms with van der Waals surface area (Å²) < 4.78 is 0. The summed E-state index contributed by atoms with van der Waals surface area (Å²) in [5.41, 5.74) is 3.53. The number of aromatic nitrogens is 3. The molecule has 3 aromatic rings. The number of nitrogens with zero attached hydrogens (tertiary/aromatic N) is 3. The van der Waals surface area contributed by atoms with Crippen LogP contribution in [0, 0.1) is 5.92 Å². The molecular formula is C26H34ClN5O. The van der Waals surface area contributed by atoms with Gasteiger partial charge in [0.05, 0.1) is 27.6 Å². The third-order valence-corrected chi connectivity index (χ3v) is 4.91. The zero-order valence-corrected chi connectivity index (χ0v) is 21.1. The third-order valence-electron chi connectivity index (χ3n) is 4.61. The first-order valence-corrected chi connectivity index (χ1v) is 11.8. The van der Waals surface area contributed by atoms with Gasteiger partial charge < -0.3 is 10.3 Å². The van der Waals surface area contributed by atoms with Crippen molar-refractivity contribution < 1.29 is 4.79 Å². The second-order valence-electron chi connectivity index (χ2n) is 8.22. The summed E-state index contributed by atoms with van der Waals surface area (Å²) in [6.07, 6.45) is 8.86. The van der Waals surface area contributed by atoms with Gasteiger partial charge in [-0.25, -0.2) is 9.97 Å². The molecule has 7 heteroatoms. The Labute approximate surface area is 201 Å². The van der Waals surface area contributed by atoms with Crippen LogP contribution in [-0.4, -0.2) is 26.9 Å². The minimum Gasteiger partial charge on any atom is -0.351 e. The van der Waals surface area contributed by atoms with Crippen molar-refractivity contribution in [2.45, 2.75) is 60.8 Å². The molecule has 0 spiro atoms. The summed E-state index contributed by atoms with van der Waals surface area (Å²) in [7, 11) is 0. The number of fused-ring (bicyclic) bond motifs is 1. The number of H-pyrrole nitrogens is 1. The zero-order valence-electron chi connectivity index (χ0n) is 20.4. The first-order valence-electron chi connectivity index (χ1n) is 11.4. The quantitative estimate of drug-likeness (QED) is 0.261. The summed E-state index contributed by atoms with van der Waals surface area (Å²) in [6, 6.07) is 7.30. The molecule has 0 saturated carbocycles. The van der Waals surface area contributed by atoms with Gasteiger partial charge in [-0.15, -0.1) is 0 Å². The number of carbonyl (C=O) groups is 1. The molecule has 0 aliphatic rings. The fourth-order valence-electron chi connectivity index (χ4n) is 3.01. The first kappa shape index (κ1) is 26.3. The highest BCUT2D eigenvalue weighted by Crippen LogP contribution is 2.29. The molecule has 0 aliphatic carbocycles. The van der Waals surface area contributed by atoms with E-state index < -0.39 is 0 Å². The molecule has 176 valence electrons. The number of aliphatic imine (C=N–C) groups is 1. The van der Waals surface area contributed by atoms with E-state index in [1.54, 1.807) is 18.3 Å². The predicted octanol–water partition coefficient (Wildman–Crippen LogP) is 7.84. The Morgan fingerprint density at radius 1 is 1.27 bits per heavy atom. The van der Waals surface area contributed by atoms with Crippen LogP contribution in [0.15, 0.2) is 41.5 Å². The second-order valence-corrected chi connectivity index (χ2v) is 8.62. The zero-order chi connectivity index (χ0) is 24.4. The van der Waals surface area contributed by atoms with E-state index in [1.807, 2.05) is 31.3 Å². The van der Waals surface area contributed by atoms with Crippen LogP contribution >= 0.6 is 11.6 Å². The summed E-state index contributed by atoms with van der Waals surface area (Å²) in [6.45, 7) is 12.1. The van der Waals surface area contributed by atoms with Gasteiger partial charge in [0, 0.05) is 30.4 Å². The number of ketones is 1. The van der Waals surface area contributed by atoms with Gasteiger partial charge in [0.15, 0.2) is 5.78 Å². The molecule has 0 unspecified atom stereocenters. The van der Waals surface area contributed by atoms with Gasteiger partial charge in [-0.3, -0.25) is 9.79 Å². The maximum atomic E-state index is 11.6. The maximum absolute atomic E-state index is 11.6. The van der Waals surface area contributed by atoms with Gasteiger partial charge >= 0.3 is 0 Å². The topological polar surface area (TPSA) is 83.0 Å².